The lowest BCUT2D eigenvalue weighted by Gasteiger charge is -2.09. The zero-order valence-corrected chi connectivity index (χ0v) is 7.07. The number of aliphatic imine (C=N–C) groups is 1. The highest BCUT2D eigenvalue weighted by atomic mass is 14.7. The minimum atomic E-state index is 0.698. The molecule has 0 saturated carbocycles. The van der Waals surface area contributed by atoms with Crippen molar-refractivity contribution in [3.63, 3.8) is 0 Å². The van der Waals surface area contributed by atoms with Crippen molar-refractivity contribution in [3.8, 4) is 6.07 Å². The highest BCUT2D eigenvalue weighted by Crippen LogP contribution is 2.19. The van der Waals surface area contributed by atoms with Gasteiger partial charge in [0, 0.05) is 12.6 Å². The van der Waals surface area contributed by atoms with Gasteiger partial charge in [-0.15, -0.1) is 0 Å². The molecule has 1 aliphatic carbocycles. The van der Waals surface area contributed by atoms with Crippen molar-refractivity contribution in [2.24, 2.45) is 4.99 Å². The van der Waals surface area contributed by atoms with Crippen LogP contribution in [0.3, 0.4) is 0 Å². The summed E-state index contributed by atoms with van der Waals surface area (Å²) in [6.07, 6.45) is 12.2. The molecule has 62 valence electrons. The Morgan fingerprint density at radius 2 is 2.23 bits per heavy atom. The van der Waals surface area contributed by atoms with Crippen LogP contribution in [0.15, 0.2) is 52.7 Å². The summed E-state index contributed by atoms with van der Waals surface area (Å²) < 4.78 is 0. The quantitative estimate of drug-likeness (QED) is 0.546. The minimum absolute atomic E-state index is 0.698. The molecule has 0 radical (unpaired) electrons. The van der Waals surface area contributed by atoms with E-state index in [0.717, 1.165) is 16.9 Å². The average Bonchev–Trinajstić information content (AvgIpc) is 2.41. The van der Waals surface area contributed by atoms with E-state index in [-0.39, 0.29) is 0 Å². The molecule has 0 aromatic carbocycles. The molecule has 0 aromatic heterocycles. The third kappa shape index (κ3) is 1.50. The predicted molar refractivity (Wildman–Crippen MR) is 52.1 cm³/mol. The van der Waals surface area contributed by atoms with Gasteiger partial charge in [0.25, 0.3) is 0 Å². The predicted octanol–water partition coefficient (Wildman–Crippen LogP) is 2.29. The number of nitriles is 1. The summed E-state index contributed by atoms with van der Waals surface area (Å²) >= 11 is 0. The molecule has 0 aromatic rings. The summed E-state index contributed by atoms with van der Waals surface area (Å²) in [6, 6.07) is 2.12. The van der Waals surface area contributed by atoms with Crippen LogP contribution in [0.5, 0.6) is 0 Å². The van der Waals surface area contributed by atoms with Crippen LogP contribution in [0, 0.1) is 11.3 Å². The molecule has 0 unspecified atom stereocenters. The second kappa shape index (κ2) is 3.24. The molecule has 2 rings (SSSR count). The number of hydrogen-bond acceptors (Lipinski definition) is 2. The molecular formula is C11H8N2. The number of rotatable bonds is 0. The van der Waals surface area contributed by atoms with Crippen molar-refractivity contribution in [2.75, 3.05) is 0 Å². The van der Waals surface area contributed by atoms with Crippen LogP contribution in [-0.4, -0.2) is 5.71 Å². The fraction of sp³-hybridized carbons (Fsp3) is 0.0909. The van der Waals surface area contributed by atoms with E-state index in [9.17, 15) is 0 Å². The highest BCUT2D eigenvalue weighted by Gasteiger charge is 2.11. The molecule has 1 aliphatic heterocycles. The normalized spacial score (nSPS) is 19.2. The van der Waals surface area contributed by atoms with Gasteiger partial charge >= 0.3 is 0 Å². The molecule has 1 heterocycles. The SMILES string of the molecule is N#CC1=CN=C2C=CC=CC=C2C1. The molecule has 0 saturated heterocycles. The molecule has 2 heteroatoms. The van der Waals surface area contributed by atoms with E-state index in [0.29, 0.717) is 6.42 Å². The maximum absolute atomic E-state index is 8.70. The summed E-state index contributed by atoms with van der Waals surface area (Å²) in [6.45, 7) is 0. The highest BCUT2D eigenvalue weighted by molar-refractivity contribution is 6.10. The zero-order valence-electron chi connectivity index (χ0n) is 7.07. The first-order valence-electron chi connectivity index (χ1n) is 4.11. The summed E-state index contributed by atoms with van der Waals surface area (Å²) in [7, 11) is 0. The Morgan fingerprint density at radius 3 is 3.08 bits per heavy atom. The third-order valence-electron chi connectivity index (χ3n) is 1.99. The van der Waals surface area contributed by atoms with Crippen LogP contribution in [0.4, 0.5) is 0 Å². The average molecular weight is 168 g/mol. The van der Waals surface area contributed by atoms with Crippen LogP contribution < -0.4 is 0 Å². The van der Waals surface area contributed by atoms with E-state index < -0.39 is 0 Å². The van der Waals surface area contributed by atoms with Gasteiger partial charge in [-0.05, 0) is 11.6 Å². The van der Waals surface area contributed by atoms with Gasteiger partial charge in [0.1, 0.15) is 0 Å². The Labute approximate surface area is 76.9 Å². The third-order valence-corrected chi connectivity index (χ3v) is 1.99. The Hall–Kier alpha value is -1.88. The summed E-state index contributed by atoms with van der Waals surface area (Å²) in [5.74, 6) is 0. The van der Waals surface area contributed by atoms with Gasteiger partial charge in [-0.2, -0.15) is 5.26 Å². The number of nitrogens with zero attached hydrogens (tertiary/aromatic N) is 2. The first-order valence-corrected chi connectivity index (χ1v) is 4.11. The van der Waals surface area contributed by atoms with Crippen molar-refractivity contribution < 1.29 is 0 Å². The smallest absolute Gasteiger partial charge is 0.0966 e. The first-order chi connectivity index (χ1) is 6.40. The molecule has 2 aliphatic rings. The van der Waals surface area contributed by atoms with Gasteiger partial charge < -0.3 is 0 Å². The van der Waals surface area contributed by atoms with Gasteiger partial charge in [0.2, 0.25) is 0 Å². The lowest BCUT2D eigenvalue weighted by Crippen LogP contribution is -2.03. The fourth-order valence-electron chi connectivity index (χ4n) is 1.32. The van der Waals surface area contributed by atoms with Crippen LogP contribution in [-0.2, 0) is 0 Å². The maximum Gasteiger partial charge on any atom is 0.0966 e. The van der Waals surface area contributed by atoms with Crippen molar-refractivity contribution >= 4 is 5.71 Å². The van der Waals surface area contributed by atoms with Gasteiger partial charge in [0.05, 0.1) is 17.4 Å². The Kier molecular flexibility index (Phi) is 1.93. The topological polar surface area (TPSA) is 36.1 Å². The van der Waals surface area contributed by atoms with E-state index in [4.69, 9.17) is 5.26 Å². The second-order valence-corrected chi connectivity index (χ2v) is 2.89. The van der Waals surface area contributed by atoms with Crippen LogP contribution in [0.25, 0.3) is 0 Å². The maximum atomic E-state index is 8.70. The van der Waals surface area contributed by atoms with Gasteiger partial charge in [-0.3, -0.25) is 4.99 Å². The summed E-state index contributed by atoms with van der Waals surface area (Å²) in [5, 5.41) is 8.70. The largest absolute Gasteiger partial charge is 0.256 e. The van der Waals surface area contributed by atoms with E-state index in [1.54, 1.807) is 6.20 Å². The summed E-state index contributed by atoms with van der Waals surface area (Å²) in [5.41, 5.74) is 2.80. The van der Waals surface area contributed by atoms with Crippen molar-refractivity contribution in [1.29, 1.82) is 5.26 Å². The van der Waals surface area contributed by atoms with Crippen molar-refractivity contribution in [1.82, 2.24) is 0 Å². The van der Waals surface area contributed by atoms with Crippen molar-refractivity contribution in [2.45, 2.75) is 6.42 Å². The Bertz CT molecular complexity index is 412. The Balaban J connectivity index is 2.42. The molecule has 0 N–H and O–H groups in total. The van der Waals surface area contributed by atoms with Gasteiger partial charge in [-0.25, -0.2) is 0 Å². The molecule has 0 atom stereocenters. The van der Waals surface area contributed by atoms with Crippen LogP contribution in [0.2, 0.25) is 0 Å². The summed E-state index contributed by atoms with van der Waals surface area (Å²) in [4.78, 5) is 4.20. The standard InChI is InChI=1S/C11H8N2/c12-7-9-6-10-4-2-1-3-5-11(10)13-8-9/h1-5,8H,6H2. The van der Waals surface area contributed by atoms with E-state index in [2.05, 4.69) is 11.1 Å². The number of fused-ring (bicyclic) bond motifs is 1. The molecule has 0 fully saturated rings. The molecule has 13 heavy (non-hydrogen) atoms. The minimum Gasteiger partial charge on any atom is -0.256 e. The van der Waals surface area contributed by atoms with E-state index in [1.165, 1.54) is 0 Å². The van der Waals surface area contributed by atoms with Gasteiger partial charge in [-0.1, -0.05) is 24.3 Å². The first kappa shape index (κ1) is 7.75. The lowest BCUT2D eigenvalue weighted by atomic mass is 10.00. The molecular weight excluding hydrogens is 160 g/mol. The molecule has 2 nitrogen and oxygen atoms in total. The van der Waals surface area contributed by atoms with Crippen LogP contribution in [0.1, 0.15) is 6.42 Å². The van der Waals surface area contributed by atoms with E-state index >= 15 is 0 Å². The zero-order chi connectivity index (χ0) is 9.10. The monoisotopic (exact) mass is 168 g/mol. The number of allylic oxidation sites excluding steroid dienone is 7. The number of hydrogen-bond donors (Lipinski definition) is 0. The van der Waals surface area contributed by atoms with Gasteiger partial charge in [0.15, 0.2) is 0 Å². The Morgan fingerprint density at radius 1 is 1.31 bits per heavy atom. The molecule has 0 amide bonds. The lowest BCUT2D eigenvalue weighted by molar-refractivity contribution is 1.18. The molecule has 0 spiro atoms. The fourth-order valence-corrected chi connectivity index (χ4v) is 1.32. The second-order valence-electron chi connectivity index (χ2n) is 2.89. The van der Waals surface area contributed by atoms with E-state index in [1.807, 2.05) is 30.4 Å². The molecule has 0 bridgehead atoms. The van der Waals surface area contributed by atoms with Crippen molar-refractivity contribution in [3.05, 3.63) is 47.7 Å². The van der Waals surface area contributed by atoms with Crippen LogP contribution >= 0.6 is 0 Å².